The average molecular weight is 496 g/mol. The second-order valence-corrected chi connectivity index (χ2v) is 9.05. The van der Waals surface area contributed by atoms with E-state index in [9.17, 15) is 23.2 Å². The van der Waals surface area contributed by atoms with Crippen molar-refractivity contribution in [2.45, 2.75) is 38.2 Å². The second kappa shape index (κ2) is 8.11. The van der Waals surface area contributed by atoms with Gasteiger partial charge in [-0.15, -0.1) is 0 Å². The summed E-state index contributed by atoms with van der Waals surface area (Å²) in [6.07, 6.45) is 1.38. The minimum Gasteiger partial charge on any atom is -0.464 e. The molecule has 0 bridgehead atoms. The van der Waals surface area contributed by atoms with Crippen LogP contribution in [0, 0.1) is 13.8 Å². The minimum atomic E-state index is -3.00. The molecule has 1 aliphatic rings. The molecule has 2 amide bonds. The molecule has 0 unspecified atom stereocenters. The van der Waals surface area contributed by atoms with Gasteiger partial charge in [0.15, 0.2) is 0 Å². The zero-order valence-corrected chi connectivity index (χ0v) is 19.6. The summed E-state index contributed by atoms with van der Waals surface area (Å²) >= 11 is 0. The summed E-state index contributed by atoms with van der Waals surface area (Å²) in [6, 6.07) is 6.93. The predicted octanol–water partition coefficient (Wildman–Crippen LogP) is 3.38. The molecule has 186 valence electrons. The fraction of sp³-hybridized carbons (Fsp3) is 0.292. The first-order chi connectivity index (χ1) is 17.0. The number of benzene rings is 1. The van der Waals surface area contributed by atoms with Crippen LogP contribution in [0.5, 0.6) is 0 Å². The molecule has 5 rings (SSSR count). The van der Waals surface area contributed by atoms with E-state index in [-0.39, 0.29) is 17.0 Å². The number of alkyl halides is 2. The first-order valence-corrected chi connectivity index (χ1v) is 11.1. The van der Waals surface area contributed by atoms with E-state index in [1.165, 1.54) is 10.8 Å². The summed E-state index contributed by atoms with van der Waals surface area (Å²) in [6.45, 7) is 3.17. The maximum atomic E-state index is 13.8. The Hall–Kier alpha value is -4.35. The maximum Gasteiger partial charge on any atom is 0.293 e. The maximum absolute atomic E-state index is 13.8. The third-order valence-electron chi connectivity index (χ3n) is 6.67. The number of amides is 2. The molecular weight excluding hydrogens is 474 g/mol. The van der Waals surface area contributed by atoms with Crippen LogP contribution in [0.3, 0.4) is 0 Å². The number of carbonyl (C=O) groups is 3. The highest BCUT2D eigenvalue weighted by atomic mass is 19.3. The Morgan fingerprint density at radius 3 is 2.58 bits per heavy atom. The number of H-pyrrole nitrogens is 1. The van der Waals surface area contributed by atoms with Gasteiger partial charge in [0, 0.05) is 36.7 Å². The van der Waals surface area contributed by atoms with Gasteiger partial charge >= 0.3 is 0 Å². The van der Waals surface area contributed by atoms with Crippen LogP contribution in [0.25, 0.3) is 11.0 Å². The van der Waals surface area contributed by atoms with Gasteiger partial charge in [0.25, 0.3) is 23.5 Å². The summed E-state index contributed by atoms with van der Waals surface area (Å²) < 4.78 is 34.4. The fourth-order valence-electron chi connectivity index (χ4n) is 4.85. The number of halogens is 2. The van der Waals surface area contributed by atoms with E-state index in [0.29, 0.717) is 22.5 Å². The molecule has 3 N–H and O–H groups in total. The Morgan fingerprint density at radius 1 is 1.17 bits per heavy atom. The Balaban J connectivity index is 1.40. The highest BCUT2D eigenvalue weighted by Gasteiger charge is 2.60. The molecular formula is C24H22F2N6O4. The van der Waals surface area contributed by atoms with Crippen molar-refractivity contribution >= 4 is 34.3 Å². The molecule has 3 heterocycles. The van der Waals surface area contributed by atoms with E-state index in [2.05, 4.69) is 26.0 Å². The Kier molecular flexibility index (Phi) is 5.27. The predicted molar refractivity (Wildman–Crippen MR) is 124 cm³/mol. The molecule has 10 nitrogen and oxygen atoms in total. The number of aromatic nitrogens is 4. The SMILES string of the molecule is Cc1c(C(=O)C(=O)NC2(c3cn[nH]n3)CC(F)(F)C2)c(C)n(C)c1C(=O)Nc1ccc2occc2c1. The zero-order valence-electron chi connectivity index (χ0n) is 19.6. The lowest BCUT2D eigenvalue weighted by Gasteiger charge is -2.46. The summed E-state index contributed by atoms with van der Waals surface area (Å²) in [5.74, 6) is -5.48. The van der Waals surface area contributed by atoms with Gasteiger partial charge in [-0.3, -0.25) is 14.4 Å². The molecule has 0 radical (unpaired) electrons. The van der Waals surface area contributed by atoms with Crippen LogP contribution in [0.2, 0.25) is 0 Å². The van der Waals surface area contributed by atoms with Crippen LogP contribution in [0.4, 0.5) is 14.5 Å². The van der Waals surface area contributed by atoms with Crippen molar-refractivity contribution < 1.29 is 27.6 Å². The van der Waals surface area contributed by atoms with Crippen LogP contribution in [-0.2, 0) is 17.4 Å². The first kappa shape index (κ1) is 23.4. The van der Waals surface area contributed by atoms with Gasteiger partial charge < -0.3 is 19.6 Å². The standard InChI is InChI=1S/C24H22F2N6O4/c1-12-18(20(33)22(35)29-23(10-24(25,26)11-23)17-9-27-31-30-17)13(2)32(3)19(12)21(34)28-15-4-5-16-14(8-15)6-7-36-16/h4-9H,10-11H2,1-3H3,(H,28,34)(H,29,35)(H,27,30,31). The smallest absolute Gasteiger partial charge is 0.293 e. The van der Waals surface area contributed by atoms with Crippen molar-refractivity contribution in [3.8, 4) is 0 Å². The number of nitrogens with zero attached hydrogens (tertiary/aromatic N) is 3. The topological polar surface area (TPSA) is 135 Å². The van der Waals surface area contributed by atoms with Gasteiger partial charge in [-0.2, -0.15) is 15.4 Å². The molecule has 0 spiro atoms. The molecule has 1 aliphatic carbocycles. The summed E-state index contributed by atoms with van der Waals surface area (Å²) in [5, 5.41) is 15.9. The molecule has 4 aromatic rings. The number of hydrogen-bond acceptors (Lipinski definition) is 6. The van der Waals surface area contributed by atoms with Gasteiger partial charge in [-0.25, -0.2) is 8.78 Å². The number of Topliss-reactive ketones (excluding diaryl/α,β-unsaturated/α-hetero) is 1. The second-order valence-electron chi connectivity index (χ2n) is 9.05. The number of nitrogens with one attached hydrogen (secondary N) is 3. The van der Waals surface area contributed by atoms with E-state index < -0.39 is 41.9 Å². The van der Waals surface area contributed by atoms with Crippen LogP contribution in [0.15, 0.2) is 41.1 Å². The molecule has 1 aromatic carbocycles. The Labute approximate surface area is 203 Å². The molecule has 1 fully saturated rings. The summed E-state index contributed by atoms with van der Waals surface area (Å²) in [4.78, 5) is 39.3. The van der Waals surface area contributed by atoms with E-state index >= 15 is 0 Å². The number of furan rings is 1. The van der Waals surface area contributed by atoms with Crippen LogP contribution >= 0.6 is 0 Å². The number of rotatable bonds is 6. The van der Waals surface area contributed by atoms with Crippen molar-refractivity contribution in [2.75, 3.05) is 5.32 Å². The normalized spacial score (nSPS) is 15.9. The lowest BCUT2D eigenvalue weighted by Crippen LogP contribution is -2.61. The molecule has 1 saturated carbocycles. The Bertz CT molecular complexity index is 1510. The van der Waals surface area contributed by atoms with E-state index in [0.717, 1.165) is 5.39 Å². The van der Waals surface area contributed by atoms with Crippen LogP contribution < -0.4 is 10.6 Å². The molecule has 36 heavy (non-hydrogen) atoms. The number of ketones is 1. The van der Waals surface area contributed by atoms with Crippen molar-refractivity contribution in [2.24, 2.45) is 7.05 Å². The minimum absolute atomic E-state index is 0.0341. The average Bonchev–Trinajstić information content (AvgIpc) is 3.53. The van der Waals surface area contributed by atoms with Crippen LogP contribution in [0.1, 0.15) is 50.6 Å². The molecule has 0 atom stereocenters. The fourth-order valence-corrected chi connectivity index (χ4v) is 4.85. The molecule has 0 aliphatic heterocycles. The lowest BCUT2D eigenvalue weighted by molar-refractivity contribution is -0.148. The van der Waals surface area contributed by atoms with E-state index in [1.54, 1.807) is 51.4 Å². The monoisotopic (exact) mass is 496 g/mol. The molecule has 0 saturated heterocycles. The van der Waals surface area contributed by atoms with Gasteiger partial charge in [-0.05, 0) is 43.7 Å². The first-order valence-electron chi connectivity index (χ1n) is 11.1. The number of carbonyl (C=O) groups excluding carboxylic acids is 3. The zero-order chi connectivity index (χ0) is 25.8. The van der Waals surface area contributed by atoms with Gasteiger partial charge in [0.1, 0.15) is 17.0 Å². The number of aromatic amines is 1. The van der Waals surface area contributed by atoms with Crippen LogP contribution in [-0.4, -0.2) is 43.5 Å². The van der Waals surface area contributed by atoms with Gasteiger partial charge in [-0.1, -0.05) is 0 Å². The number of hydrogen-bond donors (Lipinski definition) is 3. The van der Waals surface area contributed by atoms with Gasteiger partial charge in [0.05, 0.1) is 23.6 Å². The number of anilines is 1. The van der Waals surface area contributed by atoms with Crippen molar-refractivity contribution in [3.63, 3.8) is 0 Å². The third kappa shape index (κ3) is 3.74. The number of fused-ring (bicyclic) bond motifs is 1. The van der Waals surface area contributed by atoms with Crippen molar-refractivity contribution in [1.82, 2.24) is 25.3 Å². The Morgan fingerprint density at radius 2 is 1.92 bits per heavy atom. The molecule has 3 aromatic heterocycles. The summed E-state index contributed by atoms with van der Waals surface area (Å²) in [7, 11) is 1.61. The quantitative estimate of drug-likeness (QED) is 0.277. The largest absolute Gasteiger partial charge is 0.464 e. The van der Waals surface area contributed by atoms with E-state index in [4.69, 9.17) is 4.42 Å². The lowest BCUT2D eigenvalue weighted by atomic mass is 9.71. The summed E-state index contributed by atoms with van der Waals surface area (Å²) in [5.41, 5.74) is 0.716. The van der Waals surface area contributed by atoms with E-state index in [1.807, 2.05) is 0 Å². The van der Waals surface area contributed by atoms with Gasteiger partial charge in [0.2, 0.25) is 0 Å². The molecule has 12 heteroatoms. The van der Waals surface area contributed by atoms with Crippen molar-refractivity contribution in [1.29, 1.82) is 0 Å². The third-order valence-corrected chi connectivity index (χ3v) is 6.67. The van der Waals surface area contributed by atoms with Crippen molar-refractivity contribution in [3.05, 3.63) is 64.9 Å². The highest BCUT2D eigenvalue weighted by molar-refractivity contribution is 6.43. The highest BCUT2D eigenvalue weighted by Crippen LogP contribution is 2.51.